The molecule has 0 fully saturated rings. The highest BCUT2D eigenvalue weighted by Gasteiger charge is 2.36. The molecule has 2 aromatic rings. The molecule has 0 saturated carbocycles. The number of nitrogens with zero attached hydrogens (tertiary/aromatic N) is 1. The minimum Gasteiger partial charge on any atom is -0.458 e. The highest BCUT2D eigenvalue weighted by atomic mass is 35.5. The maximum Gasteiger partial charge on any atom is 0.336 e. The van der Waals surface area contributed by atoms with Gasteiger partial charge in [-0.3, -0.25) is 4.79 Å². The highest BCUT2D eigenvalue weighted by Crippen LogP contribution is 2.38. The molecule has 150 valence electrons. The fourth-order valence-electron chi connectivity index (χ4n) is 3.67. The van der Waals surface area contributed by atoms with Crippen molar-refractivity contribution in [1.82, 2.24) is 4.90 Å². The van der Waals surface area contributed by atoms with Crippen molar-refractivity contribution in [3.63, 3.8) is 0 Å². The molecule has 1 heterocycles. The van der Waals surface area contributed by atoms with Crippen LogP contribution in [0.4, 0.5) is 0 Å². The van der Waals surface area contributed by atoms with Gasteiger partial charge in [-0.15, -0.1) is 0 Å². The molecule has 0 saturated heterocycles. The van der Waals surface area contributed by atoms with Gasteiger partial charge in [0.15, 0.2) is 0 Å². The summed E-state index contributed by atoms with van der Waals surface area (Å²) in [6.45, 7) is 7.87. The number of esters is 1. The van der Waals surface area contributed by atoms with E-state index in [4.69, 9.17) is 16.3 Å². The number of hydrogen-bond acceptors (Lipinski definition) is 3. The first-order valence-electron chi connectivity index (χ1n) is 9.51. The molecule has 1 aliphatic rings. The van der Waals surface area contributed by atoms with Gasteiger partial charge in [-0.25, -0.2) is 4.79 Å². The summed E-state index contributed by atoms with van der Waals surface area (Å²) in [5.41, 5.74) is 4.04. The van der Waals surface area contributed by atoms with Crippen molar-refractivity contribution >= 4 is 23.5 Å². The van der Waals surface area contributed by atoms with Gasteiger partial charge < -0.3 is 9.64 Å². The molecule has 1 amide bonds. The van der Waals surface area contributed by atoms with Crippen molar-refractivity contribution in [3.05, 3.63) is 94.2 Å². The monoisotopic (exact) mass is 409 g/mol. The van der Waals surface area contributed by atoms with Crippen molar-refractivity contribution in [2.45, 2.75) is 32.7 Å². The smallest absolute Gasteiger partial charge is 0.336 e. The Bertz CT molecular complexity index is 980. The Labute approximate surface area is 176 Å². The third-order valence-electron chi connectivity index (χ3n) is 5.05. The van der Waals surface area contributed by atoms with Crippen LogP contribution in [0.1, 0.15) is 36.0 Å². The number of halogens is 1. The standard InChI is InChI=1S/C24H24ClNO3/c1-4-11-29-24(28)23-17(3)26(15-18-8-6-10-20(25)13-18)22(27)14-21(23)19-9-5-7-16(2)12-19/h4-10,12-13,21H,1,11,14-15H2,2-3H3/t21-/m1/s1. The lowest BCUT2D eigenvalue weighted by Crippen LogP contribution is -2.38. The second kappa shape index (κ2) is 9.10. The van der Waals surface area contributed by atoms with E-state index in [1.165, 1.54) is 6.08 Å². The van der Waals surface area contributed by atoms with E-state index in [0.717, 1.165) is 16.7 Å². The van der Waals surface area contributed by atoms with Crippen molar-refractivity contribution < 1.29 is 14.3 Å². The first-order valence-corrected chi connectivity index (χ1v) is 9.88. The minimum absolute atomic E-state index is 0.0331. The molecule has 1 atom stereocenters. The first kappa shape index (κ1) is 20.9. The van der Waals surface area contributed by atoms with E-state index in [1.54, 1.807) is 17.9 Å². The van der Waals surface area contributed by atoms with Crippen LogP contribution >= 0.6 is 11.6 Å². The maximum atomic E-state index is 13.0. The maximum absolute atomic E-state index is 13.0. The summed E-state index contributed by atoms with van der Waals surface area (Å²) in [7, 11) is 0. The number of amides is 1. The van der Waals surface area contributed by atoms with Gasteiger partial charge in [-0.2, -0.15) is 0 Å². The van der Waals surface area contributed by atoms with E-state index in [-0.39, 0.29) is 24.9 Å². The summed E-state index contributed by atoms with van der Waals surface area (Å²) in [6.07, 6.45) is 1.74. The van der Waals surface area contributed by atoms with E-state index in [9.17, 15) is 9.59 Å². The molecular weight excluding hydrogens is 386 g/mol. The number of carbonyl (C=O) groups excluding carboxylic acids is 2. The van der Waals surface area contributed by atoms with Crippen molar-refractivity contribution in [2.75, 3.05) is 6.61 Å². The predicted molar refractivity (Wildman–Crippen MR) is 114 cm³/mol. The number of carbonyl (C=O) groups is 2. The molecule has 4 nitrogen and oxygen atoms in total. The van der Waals surface area contributed by atoms with Crippen LogP contribution < -0.4 is 0 Å². The lowest BCUT2D eigenvalue weighted by Gasteiger charge is -2.34. The van der Waals surface area contributed by atoms with Crippen LogP contribution in [-0.2, 0) is 20.9 Å². The first-order chi connectivity index (χ1) is 13.9. The molecule has 0 aliphatic carbocycles. The van der Waals surface area contributed by atoms with Crippen molar-refractivity contribution in [3.8, 4) is 0 Å². The fourth-order valence-corrected chi connectivity index (χ4v) is 3.88. The SMILES string of the molecule is C=CCOC(=O)C1=C(C)N(Cc2cccc(Cl)c2)C(=O)C[C@@H]1c1cccc(C)c1. The van der Waals surface area contributed by atoms with Crippen LogP contribution in [0.2, 0.25) is 5.02 Å². The number of aryl methyl sites for hydroxylation is 1. The average molecular weight is 410 g/mol. The Morgan fingerprint density at radius 1 is 1.24 bits per heavy atom. The molecule has 5 heteroatoms. The average Bonchev–Trinajstić information content (AvgIpc) is 2.69. The van der Waals surface area contributed by atoms with Gasteiger partial charge in [0.2, 0.25) is 5.91 Å². The zero-order valence-corrected chi connectivity index (χ0v) is 17.4. The Balaban J connectivity index is 2.03. The third kappa shape index (κ3) is 4.77. The molecule has 0 aromatic heterocycles. The quantitative estimate of drug-likeness (QED) is 0.488. The van der Waals surface area contributed by atoms with E-state index in [1.807, 2.05) is 49.4 Å². The van der Waals surface area contributed by atoms with Gasteiger partial charge in [0.1, 0.15) is 6.61 Å². The Kier molecular flexibility index (Phi) is 6.55. The number of ether oxygens (including phenoxy) is 1. The molecule has 0 bridgehead atoms. The predicted octanol–water partition coefficient (Wildman–Crippen LogP) is 5.17. The molecule has 0 spiro atoms. The second-order valence-corrected chi connectivity index (χ2v) is 7.60. The van der Waals surface area contributed by atoms with Crippen molar-refractivity contribution in [1.29, 1.82) is 0 Å². The normalized spacial score (nSPS) is 16.7. The molecule has 0 radical (unpaired) electrons. The molecule has 0 N–H and O–H groups in total. The molecule has 3 rings (SSSR count). The number of benzene rings is 2. The summed E-state index contributed by atoms with van der Waals surface area (Å²) < 4.78 is 5.36. The Hall–Kier alpha value is -2.85. The Morgan fingerprint density at radius 3 is 2.69 bits per heavy atom. The molecule has 2 aromatic carbocycles. The van der Waals surface area contributed by atoms with Crippen LogP contribution in [0, 0.1) is 6.92 Å². The van der Waals surface area contributed by atoms with Crippen molar-refractivity contribution in [2.24, 2.45) is 0 Å². The van der Waals surface area contributed by atoms with E-state index < -0.39 is 5.97 Å². The fraction of sp³-hybridized carbons (Fsp3) is 0.250. The van der Waals surface area contributed by atoms with E-state index in [0.29, 0.717) is 22.8 Å². The zero-order valence-electron chi connectivity index (χ0n) is 16.7. The van der Waals surface area contributed by atoms with Gasteiger partial charge in [-0.1, -0.05) is 66.2 Å². The van der Waals surface area contributed by atoms with Crippen LogP contribution in [0.25, 0.3) is 0 Å². The van der Waals surface area contributed by atoms with Gasteiger partial charge in [0.05, 0.1) is 12.1 Å². The van der Waals surface area contributed by atoms with Crippen LogP contribution in [0.5, 0.6) is 0 Å². The lowest BCUT2D eigenvalue weighted by atomic mass is 9.83. The number of hydrogen-bond donors (Lipinski definition) is 0. The molecule has 29 heavy (non-hydrogen) atoms. The topological polar surface area (TPSA) is 46.6 Å². The summed E-state index contributed by atoms with van der Waals surface area (Å²) in [4.78, 5) is 27.6. The third-order valence-corrected chi connectivity index (χ3v) is 5.28. The number of allylic oxidation sites excluding steroid dienone is 1. The molecule has 1 aliphatic heterocycles. The van der Waals surface area contributed by atoms with Gasteiger partial charge in [0.25, 0.3) is 0 Å². The van der Waals surface area contributed by atoms with Crippen LogP contribution in [0.3, 0.4) is 0 Å². The van der Waals surface area contributed by atoms with Gasteiger partial charge in [-0.05, 0) is 37.1 Å². The van der Waals surface area contributed by atoms with Gasteiger partial charge in [0, 0.05) is 23.1 Å². The van der Waals surface area contributed by atoms with E-state index in [2.05, 4.69) is 6.58 Å². The van der Waals surface area contributed by atoms with Crippen LogP contribution in [0.15, 0.2) is 72.5 Å². The largest absolute Gasteiger partial charge is 0.458 e. The summed E-state index contributed by atoms with van der Waals surface area (Å²) >= 11 is 6.09. The van der Waals surface area contributed by atoms with Crippen LogP contribution in [-0.4, -0.2) is 23.4 Å². The van der Waals surface area contributed by atoms with Gasteiger partial charge >= 0.3 is 5.97 Å². The minimum atomic E-state index is -0.419. The van der Waals surface area contributed by atoms with E-state index >= 15 is 0 Å². The molecule has 0 unspecified atom stereocenters. The number of rotatable bonds is 6. The lowest BCUT2D eigenvalue weighted by molar-refractivity contribution is -0.139. The zero-order chi connectivity index (χ0) is 21.0. The Morgan fingerprint density at radius 2 is 2.00 bits per heavy atom. The highest BCUT2D eigenvalue weighted by molar-refractivity contribution is 6.30. The summed E-state index contributed by atoms with van der Waals surface area (Å²) in [6, 6.07) is 15.3. The second-order valence-electron chi connectivity index (χ2n) is 7.17. The summed E-state index contributed by atoms with van der Waals surface area (Å²) in [5.74, 6) is -0.790. The summed E-state index contributed by atoms with van der Waals surface area (Å²) in [5, 5.41) is 0.608. The molecular formula is C24H24ClNO3.